The Hall–Kier alpha value is -2.31. The first-order valence-electron chi connectivity index (χ1n) is 8.44. The quantitative estimate of drug-likeness (QED) is 0.876. The van der Waals surface area contributed by atoms with E-state index in [0.29, 0.717) is 30.4 Å². The Morgan fingerprint density at radius 3 is 2.73 bits per heavy atom. The molecule has 2 aromatic rings. The van der Waals surface area contributed by atoms with Crippen LogP contribution in [0.3, 0.4) is 0 Å². The summed E-state index contributed by atoms with van der Waals surface area (Å²) in [7, 11) is 0. The van der Waals surface area contributed by atoms with Gasteiger partial charge in [-0.05, 0) is 24.6 Å². The fraction of sp³-hybridized carbons (Fsp3) is 0.368. The van der Waals surface area contributed by atoms with Crippen molar-refractivity contribution < 1.29 is 23.8 Å². The van der Waals surface area contributed by atoms with Gasteiger partial charge in [-0.2, -0.15) is 0 Å². The number of carboxylic acids is 1. The summed E-state index contributed by atoms with van der Waals surface area (Å²) in [5.74, 6) is -1.10. The molecule has 1 aliphatic heterocycles. The molecule has 0 aliphatic carbocycles. The number of halogens is 1. The van der Waals surface area contributed by atoms with Crippen molar-refractivity contribution in [1.82, 2.24) is 4.90 Å². The maximum Gasteiger partial charge on any atom is 0.339 e. The van der Waals surface area contributed by atoms with Gasteiger partial charge in [0, 0.05) is 17.5 Å². The normalized spacial score (nSPS) is 20.2. The molecule has 0 bridgehead atoms. The predicted octanol–water partition coefficient (Wildman–Crippen LogP) is 3.80. The number of carbonyl (C=O) groups excluding carboxylic acids is 1. The average Bonchev–Trinajstić information content (AvgIpc) is 3.06. The summed E-state index contributed by atoms with van der Waals surface area (Å²) in [5, 5.41) is 9.86. The van der Waals surface area contributed by atoms with Gasteiger partial charge in [-0.25, -0.2) is 4.79 Å². The van der Waals surface area contributed by atoms with Gasteiger partial charge in [-0.1, -0.05) is 30.7 Å². The number of hydrogen-bond acceptors (Lipinski definition) is 4. The highest BCUT2D eigenvalue weighted by Gasteiger charge is 2.33. The van der Waals surface area contributed by atoms with Crippen LogP contribution in [0.2, 0.25) is 5.02 Å². The van der Waals surface area contributed by atoms with E-state index in [0.717, 1.165) is 5.56 Å². The summed E-state index contributed by atoms with van der Waals surface area (Å²) in [4.78, 5) is 25.9. The summed E-state index contributed by atoms with van der Waals surface area (Å²) >= 11 is 6.05. The Kier molecular flexibility index (Phi) is 5.34. The number of furan rings is 1. The predicted molar refractivity (Wildman–Crippen MR) is 95.7 cm³/mol. The summed E-state index contributed by atoms with van der Waals surface area (Å²) in [6, 6.07) is 8.49. The van der Waals surface area contributed by atoms with Gasteiger partial charge in [0.2, 0.25) is 0 Å². The zero-order valence-electron chi connectivity index (χ0n) is 14.6. The number of aryl methyl sites for hydroxylation is 1. The van der Waals surface area contributed by atoms with Crippen LogP contribution >= 0.6 is 11.6 Å². The summed E-state index contributed by atoms with van der Waals surface area (Å²) in [6.45, 7) is 4.38. The van der Waals surface area contributed by atoms with Crippen molar-refractivity contribution >= 4 is 23.5 Å². The summed E-state index contributed by atoms with van der Waals surface area (Å²) < 4.78 is 11.4. The zero-order chi connectivity index (χ0) is 18.8. The molecule has 7 heteroatoms. The molecule has 0 radical (unpaired) electrons. The first kappa shape index (κ1) is 18.5. The van der Waals surface area contributed by atoms with E-state index < -0.39 is 5.97 Å². The van der Waals surface area contributed by atoms with E-state index in [1.807, 2.05) is 25.1 Å². The number of aromatic carboxylic acids is 1. The summed E-state index contributed by atoms with van der Waals surface area (Å²) in [5.41, 5.74) is 0.922. The number of nitrogens with zero attached hydrogens (tertiary/aromatic N) is 1. The second-order valence-electron chi connectivity index (χ2n) is 6.29. The Balaban J connectivity index is 1.84. The van der Waals surface area contributed by atoms with Crippen molar-refractivity contribution in [2.24, 2.45) is 0 Å². The largest absolute Gasteiger partial charge is 0.478 e. The third kappa shape index (κ3) is 3.61. The van der Waals surface area contributed by atoms with Crippen LogP contribution in [0.25, 0.3) is 0 Å². The number of ether oxygens (including phenoxy) is 1. The van der Waals surface area contributed by atoms with Crippen LogP contribution in [-0.2, 0) is 11.2 Å². The molecule has 26 heavy (non-hydrogen) atoms. The van der Waals surface area contributed by atoms with Crippen molar-refractivity contribution in [1.29, 1.82) is 0 Å². The molecule has 2 atom stereocenters. The zero-order valence-corrected chi connectivity index (χ0v) is 15.3. The number of rotatable bonds is 4. The van der Waals surface area contributed by atoms with Crippen molar-refractivity contribution in [2.75, 3.05) is 13.2 Å². The van der Waals surface area contributed by atoms with Crippen LogP contribution in [0.1, 0.15) is 52.2 Å². The molecule has 6 nitrogen and oxygen atoms in total. The number of benzene rings is 1. The molecule has 0 saturated carbocycles. The van der Waals surface area contributed by atoms with Crippen LogP contribution in [-0.4, -0.2) is 41.1 Å². The standard InChI is InChI=1S/C19H20ClNO5/c1-3-15-14(19(23)24)8-16(26-15)18(22)21-9-17(25-10-11(21)2)12-5-4-6-13(20)7-12/h4-8,11,17H,3,9-10H2,1-2H3,(H,23,24). The van der Waals surface area contributed by atoms with E-state index in [2.05, 4.69) is 0 Å². The molecule has 1 amide bonds. The highest BCUT2D eigenvalue weighted by Crippen LogP contribution is 2.28. The van der Waals surface area contributed by atoms with E-state index in [-0.39, 0.29) is 29.4 Å². The van der Waals surface area contributed by atoms with E-state index in [1.165, 1.54) is 6.07 Å². The van der Waals surface area contributed by atoms with E-state index in [1.54, 1.807) is 17.9 Å². The topological polar surface area (TPSA) is 80.0 Å². The number of morpholine rings is 1. The molecule has 1 aliphatic rings. The third-order valence-electron chi connectivity index (χ3n) is 4.49. The van der Waals surface area contributed by atoms with Crippen LogP contribution in [0.5, 0.6) is 0 Å². The lowest BCUT2D eigenvalue weighted by Gasteiger charge is -2.37. The van der Waals surface area contributed by atoms with Crippen LogP contribution < -0.4 is 0 Å². The molecule has 1 aromatic carbocycles. The van der Waals surface area contributed by atoms with Crippen LogP contribution in [0.4, 0.5) is 0 Å². The fourth-order valence-corrected chi connectivity index (χ4v) is 3.27. The molecule has 138 valence electrons. The van der Waals surface area contributed by atoms with Gasteiger partial charge in [0.05, 0.1) is 19.2 Å². The summed E-state index contributed by atoms with van der Waals surface area (Å²) in [6.07, 6.45) is 0.104. The van der Waals surface area contributed by atoms with Crippen molar-refractivity contribution in [3.63, 3.8) is 0 Å². The van der Waals surface area contributed by atoms with Crippen molar-refractivity contribution in [3.05, 3.63) is 58.0 Å². The molecule has 1 fully saturated rings. The minimum Gasteiger partial charge on any atom is -0.478 e. The molecule has 0 spiro atoms. The fourth-order valence-electron chi connectivity index (χ4n) is 3.07. The number of carbonyl (C=O) groups is 2. The highest BCUT2D eigenvalue weighted by atomic mass is 35.5. The maximum atomic E-state index is 12.9. The Morgan fingerprint density at radius 1 is 1.35 bits per heavy atom. The Labute approximate surface area is 156 Å². The lowest BCUT2D eigenvalue weighted by Crippen LogP contribution is -2.48. The lowest BCUT2D eigenvalue weighted by atomic mass is 10.1. The Bertz CT molecular complexity index is 831. The number of amides is 1. The molecule has 3 rings (SSSR count). The van der Waals surface area contributed by atoms with E-state index >= 15 is 0 Å². The molecule has 1 aromatic heterocycles. The highest BCUT2D eigenvalue weighted by molar-refractivity contribution is 6.30. The molecule has 1 saturated heterocycles. The molecular formula is C19H20ClNO5. The number of hydrogen-bond donors (Lipinski definition) is 1. The Morgan fingerprint density at radius 2 is 2.12 bits per heavy atom. The first-order valence-corrected chi connectivity index (χ1v) is 8.82. The minimum atomic E-state index is -1.10. The second kappa shape index (κ2) is 7.51. The van der Waals surface area contributed by atoms with Crippen LogP contribution in [0.15, 0.2) is 34.7 Å². The van der Waals surface area contributed by atoms with E-state index in [4.69, 9.17) is 20.8 Å². The average molecular weight is 378 g/mol. The van der Waals surface area contributed by atoms with Gasteiger partial charge in [0.25, 0.3) is 5.91 Å². The van der Waals surface area contributed by atoms with Crippen molar-refractivity contribution in [2.45, 2.75) is 32.4 Å². The molecule has 2 unspecified atom stereocenters. The van der Waals surface area contributed by atoms with Gasteiger partial charge >= 0.3 is 5.97 Å². The number of carboxylic acid groups (broad SMARTS) is 1. The first-order chi connectivity index (χ1) is 12.4. The van der Waals surface area contributed by atoms with Gasteiger partial charge in [0.15, 0.2) is 5.76 Å². The molecule has 2 heterocycles. The lowest BCUT2D eigenvalue weighted by molar-refractivity contribution is -0.0495. The smallest absolute Gasteiger partial charge is 0.339 e. The molecule has 1 N–H and O–H groups in total. The van der Waals surface area contributed by atoms with Gasteiger partial charge in [-0.3, -0.25) is 4.79 Å². The third-order valence-corrected chi connectivity index (χ3v) is 4.72. The molecular weight excluding hydrogens is 358 g/mol. The van der Waals surface area contributed by atoms with Crippen molar-refractivity contribution in [3.8, 4) is 0 Å². The monoisotopic (exact) mass is 377 g/mol. The van der Waals surface area contributed by atoms with Gasteiger partial charge < -0.3 is 19.2 Å². The van der Waals surface area contributed by atoms with E-state index in [9.17, 15) is 14.7 Å². The SMILES string of the molecule is CCc1oc(C(=O)N2CC(c3cccc(Cl)c3)OCC2C)cc1C(=O)O. The van der Waals surface area contributed by atoms with Gasteiger partial charge in [-0.15, -0.1) is 0 Å². The maximum absolute atomic E-state index is 12.9. The van der Waals surface area contributed by atoms with Crippen LogP contribution in [0, 0.1) is 0 Å². The minimum absolute atomic E-state index is 0.0307. The van der Waals surface area contributed by atoms with Gasteiger partial charge in [0.1, 0.15) is 17.4 Å². The second-order valence-corrected chi connectivity index (χ2v) is 6.73.